The minimum atomic E-state index is 0.176. The second kappa shape index (κ2) is 7.04. The smallest absolute Gasteiger partial charge is 0.209 e. The molecule has 3 rings (SSSR count). The molecule has 0 saturated carbocycles. The van der Waals surface area contributed by atoms with E-state index in [0.717, 1.165) is 22.3 Å². The molecule has 1 heterocycles. The molecule has 1 N–H and O–H groups in total. The number of nitrogens with zero attached hydrogens (tertiary/aromatic N) is 2. The van der Waals surface area contributed by atoms with Gasteiger partial charge in [0.25, 0.3) is 0 Å². The summed E-state index contributed by atoms with van der Waals surface area (Å²) in [4.78, 5) is 4.61. The summed E-state index contributed by atoms with van der Waals surface area (Å²) in [7, 11) is 0. The molecule has 0 fully saturated rings. The third-order valence-electron chi connectivity index (χ3n) is 4.42. The van der Waals surface area contributed by atoms with Gasteiger partial charge in [0, 0.05) is 11.3 Å². The van der Waals surface area contributed by atoms with E-state index in [9.17, 15) is 0 Å². The van der Waals surface area contributed by atoms with Crippen molar-refractivity contribution in [2.24, 2.45) is 0 Å². The van der Waals surface area contributed by atoms with E-state index in [1.807, 2.05) is 30.3 Å². The predicted octanol–water partition coefficient (Wildman–Crippen LogP) is 5.68. The minimum Gasteiger partial charge on any atom is -0.258 e. The highest BCUT2D eigenvalue weighted by atomic mass is 32.2. The lowest BCUT2D eigenvalue weighted by molar-refractivity contribution is 0.589. The summed E-state index contributed by atoms with van der Waals surface area (Å²) in [5.74, 6) is 1.70. The maximum Gasteiger partial charge on any atom is 0.209 e. The molecule has 3 nitrogen and oxygen atoms in total. The van der Waals surface area contributed by atoms with Crippen molar-refractivity contribution in [3.8, 4) is 11.4 Å². The Morgan fingerprint density at radius 1 is 1.00 bits per heavy atom. The summed E-state index contributed by atoms with van der Waals surface area (Å²) in [6.07, 6.45) is 0. The molecule has 25 heavy (non-hydrogen) atoms. The summed E-state index contributed by atoms with van der Waals surface area (Å²) in [5.41, 5.74) is 6.69. The largest absolute Gasteiger partial charge is 0.258 e. The lowest BCUT2D eigenvalue weighted by atomic mass is 9.84. The lowest BCUT2D eigenvalue weighted by Crippen LogP contribution is -2.12. The average Bonchev–Trinajstić information content (AvgIpc) is 3.03. The number of thioether (sulfide) groups is 1. The number of aromatic nitrogens is 3. The van der Waals surface area contributed by atoms with E-state index in [1.165, 1.54) is 22.3 Å². The molecular formula is C21H25N3S. The van der Waals surface area contributed by atoms with Crippen LogP contribution in [0.1, 0.15) is 43.0 Å². The van der Waals surface area contributed by atoms with Gasteiger partial charge in [-0.15, -0.1) is 5.10 Å². The molecule has 0 unspecified atom stereocenters. The minimum absolute atomic E-state index is 0.176. The number of hydrogen-bond donors (Lipinski definition) is 1. The Bertz CT molecular complexity index is 837. The molecule has 0 bridgehead atoms. The average molecular weight is 352 g/mol. The first-order chi connectivity index (χ1) is 11.8. The van der Waals surface area contributed by atoms with Crippen molar-refractivity contribution in [3.63, 3.8) is 0 Å². The second-order valence-corrected chi connectivity index (χ2v) is 8.40. The van der Waals surface area contributed by atoms with Crippen molar-refractivity contribution in [1.82, 2.24) is 15.2 Å². The van der Waals surface area contributed by atoms with Crippen LogP contribution in [-0.4, -0.2) is 15.2 Å². The number of nitrogens with one attached hydrogen (secondary N) is 1. The summed E-state index contributed by atoms with van der Waals surface area (Å²) >= 11 is 1.68. The number of H-pyrrole nitrogens is 1. The van der Waals surface area contributed by atoms with Gasteiger partial charge in [-0.1, -0.05) is 75.0 Å². The van der Waals surface area contributed by atoms with Gasteiger partial charge in [0.2, 0.25) is 5.16 Å². The Kier molecular flexibility index (Phi) is 5.00. The standard InChI is InChI=1S/C21H25N3S/c1-14-11-17(21(3,4)5)12-15(2)18(14)13-25-20-22-19(23-24-20)16-9-7-6-8-10-16/h6-12H,13H2,1-5H3,(H,22,23,24). The van der Waals surface area contributed by atoms with E-state index in [-0.39, 0.29) is 5.41 Å². The Balaban J connectivity index is 1.75. The maximum atomic E-state index is 4.61. The number of benzene rings is 2. The van der Waals surface area contributed by atoms with Crippen LogP contribution in [0.3, 0.4) is 0 Å². The quantitative estimate of drug-likeness (QED) is 0.615. The van der Waals surface area contributed by atoms with Gasteiger partial charge >= 0.3 is 0 Å². The first-order valence-corrected chi connectivity index (χ1v) is 9.54. The Morgan fingerprint density at radius 3 is 2.24 bits per heavy atom. The fourth-order valence-electron chi connectivity index (χ4n) is 2.83. The third-order valence-corrected chi connectivity index (χ3v) is 5.29. The topological polar surface area (TPSA) is 41.6 Å². The third kappa shape index (κ3) is 4.13. The zero-order chi connectivity index (χ0) is 18.0. The van der Waals surface area contributed by atoms with Gasteiger partial charge in [0.05, 0.1) is 0 Å². The number of hydrogen-bond acceptors (Lipinski definition) is 3. The molecule has 130 valence electrons. The van der Waals surface area contributed by atoms with Crippen molar-refractivity contribution in [2.75, 3.05) is 0 Å². The monoisotopic (exact) mass is 351 g/mol. The fraction of sp³-hybridized carbons (Fsp3) is 0.333. The molecular weight excluding hydrogens is 326 g/mol. The molecule has 0 saturated heterocycles. The Labute approximate surface area is 154 Å². The van der Waals surface area contributed by atoms with Crippen LogP contribution in [0.15, 0.2) is 47.6 Å². The highest BCUT2D eigenvalue weighted by Crippen LogP contribution is 2.30. The molecule has 0 spiro atoms. The van der Waals surface area contributed by atoms with Crippen molar-refractivity contribution in [2.45, 2.75) is 50.9 Å². The molecule has 1 aromatic heterocycles. The van der Waals surface area contributed by atoms with Gasteiger partial charge in [-0.2, -0.15) is 0 Å². The van der Waals surface area contributed by atoms with Gasteiger partial charge in [-0.05, 0) is 41.5 Å². The van der Waals surface area contributed by atoms with Gasteiger partial charge < -0.3 is 0 Å². The predicted molar refractivity (Wildman–Crippen MR) is 106 cm³/mol. The highest BCUT2D eigenvalue weighted by molar-refractivity contribution is 7.98. The summed E-state index contributed by atoms with van der Waals surface area (Å²) in [5, 5.41) is 8.17. The maximum absolute atomic E-state index is 4.61. The van der Waals surface area contributed by atoms with Crippen LogP contribution in [0.5, 0.6) is 0 Å². The van der Waals surface area contributed by atoms with Crippen LogP contribution in [0.25, 0.3) is 11.4 Å². The van der Waals surface area contributed by atoms with Crippen LogP contribution in [-0.2, 0) is 11.2 Å². The zero-order valence-electron chi connectivity index (χ0n) is 15.6. The van der Waals surface area contributed by atoms with Crippen molar-refractivity contribution < 1.29 is 0 Å². The van der Waals surface area contributed by atoms with E-state index in [2.05, 4.69) is 61.9 Å². The fourth-order valence-corrected chi connectivity index (χ4v) is 3.82. The zero-order valence-corrected chi connectivity index (χ0v) is 16.4. The first kappa shape index (κ1) is 17.7. The second-order valence-electron chi connectivity index (χ2n) is 7.46. The number of aromatic amines is 1. The van der Waals surface area contributed by atoms with Crippen molar-refractivity contribution >= 4 is 11.8 Å². The van der Waals surface area contributed by atoms with Crippen LogP contribution in [0, 0.1) is 13.8 Å². The van der Waals surface area contributed by atoms with Crippen molar-refractivity contribution in [1.29, 1.82) is 0 Å². The van der Waals surface area contributed by atoms with Gasteiger partial charge in [0.1, 0.15) is 0 Å². The number of aryl methyl sites for hydroxylation is 2. The number of rotatable bonds is 4. The summed E-state index contributed by atoms with van der Waals surface area (Å²) in [6, 6.07) is 14.7. The molecule has 4 heteroatoms. The van der Waals surface area contributed by atoms with Crippen LogP contribution in [0.2, 0.25) is 0 Å². The van der Waals surface area contributed by atoms with E-state index < -0.39 is 0 Å². The van der Waals surface area contributed by atoms with Crippen LogP contribution in [0.4, 0.5) is 0 Å². The van der Waals surface area contributed by atoms with Gasteiger partial charge in [-0.3, -0.25) is 5.10 Å². The Morgan fingerprint density at radius 2 is 1.64 bits per heavy atom. The van der Waals surface area contributed by atoms with E-state index >= 15 is 0 Å². The highest BCUT2D eigenvalue weighted by Gasteiger charge is 2.16. The van der Waals surface area contributed by atoms with E-state index in [1.54, 1.807) is 11.8 Å². The Hall–Kier alpha value is -2.07. The normalized spacial score (nSPS) is 11.7. The molecule has 0 atom stereocenters. The van der Waals surface area contributed by atoms with Gasteiger partial charge in [-0.25, -0.2) is 4.98 Å². The molecule has 0 aliphatic rings. The summed E-state index contributed by atoms with van der Waals surface area (Å²) in [6.45, 7) is 11.2. The van der Waals surface area contributed by atoms with Crippen LogP contribution < -0.4 is 0 Å². The molecule has 2 aromatic carbocycles. The molecule has 3 aromatic rings. The molecule has 0 aliphatic carbocycles. The summed E-state index contributed by atoms with van der Waals surface area (Å²) < 4.78 is 0. The van der Waals surface area contributed by atoms with Crippen molar-refractivity contribution in [3.05, 3.63) is 64.7 Å². The molecule has 0 amide bonds. The van der Waals surface area contributed by atoms with Gasteiger partial charge in [0.15, 0.2) is 5.82 Å². The van der Waals surface area contributed by atoms with E-state index in [4.69, 9.17) is 0 Å². The molecule has 0 radical (unpaired) electrons. The SMILES string of the molecule is Cc1cc(C(C)(C)C)cc(C)c1CSc1n[nH]c(-c2ccccc2)n1. The van der Waals surface area contributed by atoms with Crippen LogP contribution >= 0.6 is 11.8 Å². The molecule has 0 aliphatic heterocycles. The van der Waals surface area contributed by atoms with E-state index in [0.29, 0.717) is 0 Å². The lowest BCUT2D eigenvalue weighted by Gasteiger charge is -2.22. The first-order valence-electron chi connectivity index (χ1n) is 8.56.